The predicted octanol–water partition coefficient (Wildman–Crippen LogP) is 3.94. The fourth-order valence-electron chi connectivity index (χ4n) is 5.92. The molecule has 3 atom stereocenters. The summed E-state index contributed by atoms with van der Waals surface area (Å²) in [7, 11) is -3.37. The normalized spacial score (nSPS) is 20.1. The number of thioether (sulfide) groups is 1. The van der Waals surface area contributed by atoms with Crippen LogP contribution in [0.4, 0.5) is 8.78 Å². The smallest absolute Gasteiger partial charge is 0.459 e. The van der Waals surface area contributed by atoms with Crippen LogP contribution >= 0.6 is 19.5 Å². The van der Waals surface area contributed by atoms with Gasteiger partial charge in [-0.2, -0.15) is 9.48 Å². The molecule has 1 N–H and O–H groups in total. The summed E-state index contributed by atoms with van der Waals surface area (Å²) in [6, 6.07) is 12.6. The number of hydrogen-bond acceptors (Lipinski definition) is 10. The first-order valence-corrected chi connectivity index (χ1v) is 17.2. The summed E-state index contributed by atoms with van der Waals surface area (Å²) in [6.45, 7) is 4.50. The second kappa shape index (κ2) is 12.6. The molecule has 3 aromatic rings. The monoisotopic (exact) mass is 688 g/mol. The molecule has 3 aliphatic rings. The first-order chi connectivity index (χ1) is 22.4. The molecule has 1 saturated heterocycles. The van der Waals surface area contributed by atoms with E-state index in [1.807, 2.05) is 18.2 Å². The van der Waals surface area contributed by atoms with Crippen molar-refractivity contribution in [1.29, 1.82) is 0 Å². The van der Waals surface area contributed by atoms with Crippen molar-refractivity contribution in [3.05, 3.63) is 92.9 Å². The van der Waals surface area contributed by atoms with Gasteiger partial charge in [-0.1, -0.05) is 24.3 Å². The Morgan fingerprint density at radius 2 is 1.98 bits per heavy atom. The number of carbonyl (C=O) groups excluding carboxylic acids is 2. The zero-order chi connectivity index (χ0) is 33.7. The van der Waals surface area contributed by atoms with Crippen LogP contribution in [0.15, 0.2) is 46.2 Å². The molecule has 0 bridgehead atoms. The van der Waals surface area contributed by atoms with Crippen LogP contribution in [-0.4, -0.2) is 66.6 Å². The van der Waals surface area contributed by atoms with E-state index in [1.165, 1.54) is 48.3 Å². The van der Waals surface area contributed by atoms with Gasteiger partial charge in [0.25, 0.3) is 5.91 Å². The van der Waals surface area contributed by atoms with Crippen molar-refractivity contribution in [2.45, 2.75) is 49.2 Å². The minimum absolute atomic E-state index is 0.0361. The maximum Gasteiger partial charge on any atom is 0.459 e. The number of pyridine rings is 1. The van der Waals surface area contributed by atoms with Gasteiger partial charge in [0.15, 0.2) is 11.5 Å². The molecular weight excluding hydrogens is 657 g/mol. The summed E-state index contributed by atoms with van der Waals surface area (Å²) in [6.07, 6.45) is 0.570. The Kier molecular flexibility index (Phi) is 8.84. The number of methoxy groups -OCH3 is 1. The van der Waals surface area contributed by atoms with Gasteiger partial charge in [-0.05, 0) is 38.5 Å². The molecule has 4 heterocycles. The zero-order valence-electron chi connectivity index (χ0n) is 25.9. The predicted molar refractivity (Wildman–Crippen MR) is 166 cm³/mol. The molecule has 0 aliphatic carbocycles. The number of hydrogen-bond donors (Lipinski definition) is 1. The number of fused-ring (bicyclic) bond motifs is 4. The molecule has 12 nitrogen and oxygen atoms in total. The quantitative estimate of drug-likeness (QED) is 0.273. The molecule has 1 aromatic heterocycles. The van der Waals surface area contributed by atoms with Crippen molar-refractivity contribution in [2.24, 2.45) is 0 Å². The van der Waals surface area contributed by atoms with E-state index in [0.717, 1.165) is 18.1 Å². The van der Waals surface area contributed by atoms with Crippen LogP contribution < -0.4 is 20.0 Å². The second-order valence-electron chi connectivity index (χ2n) is 11.4. The van der Waals surface area contributed by atoms with E-state index >= 15 is 4.39 Å². The SMILES string of the molecule is CCOP(=O)(NC(C)(C)C(=O)OC)Oc1c2n(ccc1=O)N([C@H]1c3c#cc(F)c(F)c3CSc3ccccc31)[C@@H]1COCCN1C2=O. The van der Waals surface area contributed by atoms with Gasteiger partial charge in [-0.3, -0.25) is 28.6 Å². The minimum Gasteiger partial charge on any atom is -0.468 e. The number of halogens is 2. The van der Waals surface area contributed by atoms with Crippen LogP contribution in [0.2, 0.25) is 0 Å². The van der Waals surface area contributed by atoms with Crippen molar-refractivity contribution in [3.63, 3.8) is 0 Å². The van der Waals surface area contributed by atoms with Crippen LogP contribution in [0.25, 0.3) is 0 Å². The number of nitrogens with zero attached hydrogens (tertiary/aromatic N) is 3. The van der Waals surface area contributed by atoms with Gasteiger partial charge < -0.3 is 18.9 Å². The number of aromatic nitrogens is 1. The molecule has 0 radical (unpaired) electrons. The van der Waals surface area contributed by atoms with Crippen molar-refractivity contribution < 1.29 is 41.5 Å². The highest BCUT2D eigenvalue weighted by Crippen LogP contribution is 2.48. The molecule has 2 aromatic carbocycles. The maximum absolute atomic E-state index is 15.4. The first-order valence-electron chi connectivity index (χ1n) is 14.7. The number of nitrogens with one attached hydrogen (secondary N) is 1. The Labute approximate surface area is 273 Å². The van der Waals surface area contributed by atoms with Gasteiger partial charge in [0.1, 0.15) is 17.7 Å². The van der Waals surface area contributed by atoms with E-state index in [0.29, 0.717) is 5.56 Å². The molecule has 248 valence electrons. The molecular formula is C31H31F2N4O8PS. The van der Waals surface area contributed by atoms with Crippen molar-refractivity contribution >= 4 is 31.4 Å². The van der Waals surface area contributed by atoms with E-state index < -0.39 is 60.2 Å². The Morgan fingerprint density at radius 1 is 1.21 bits per heavy atom. The maximum atomic E-state index is 15.4. The highest BCUT2D eigenvalue weighted by Gasteiger charge is 2.48. The number of amides is 1. The summed E-state index contributed by atoms with van der Waals surface area (Å²) < 4.78 is 67.3. The topological polar surface area (TPSA) is 129 Å². The van der Waals surface area contributed by atoms with Gasteiger partial charge in [0.2, 0.25) is 17.0 Å². The fourth-order valence-corrected chi connectivity index (χ4v) is 8.72. The third kappa shape index (κ3) is 5.78. The van der Waals surface area contributed by atoms with Gasteiger partial charge in [-0.25, -0.2) is 8.96 Å². The number of ether oxygens (including phenoxy) is 2. The number of benzene rings is 1. The van der Waals surface area contributed by atoms with Crippen molar-refractivity contribution in [2.75, 3.05) is 38.5 Å². The Morgan fingerprint density at radius 3 is 2.72 bits per heavy atom. The summed E-state index contributed by atoms with van der Waals surface area (Å²) >= 11 is 1.32. The highest BCUT2D eigenvalue weighted by atomic mass is 32.2. The third-order valence-electron chi connectivity index (χ3n) is 7.99. The Hall–Kier alpha value is -3.93. The summed E-state index contributed by atoms with van der Waals surface area (Å²) in [5.41, 5.74) is -1.64. The molecule has 0 spiro atoms. The largest absolute Gasteiger partial charge is 0.468 e. The van der Waals surface area contributed by atoms with E-state index in [9.17, 15) is 23.3 Å². The van der Waals surface area contributed by atoms with Crippen LogP contribution in [0.5, 0.6) is 5.75 Å². The van der Waals surface area contributed by atoms with Gasteiger partial charge in [0.05, 0.1) is 26.9 Å². The van der Waals surface area contributed by atoms with E-state index in [2.05, 4.69) is 17.2 Å². The van der Waals surface area contributed by atoms with Crippen molar-refractivity contribution in [1.82, 2.24) is 14.7 Å². The number of morpholine rings is 1. The Balaban J connectivity index is 1.58. The molecule has 1 fully saturated rings. The molecule has 3 aliphatic heterocycles. The summed E-state index contributed by atoms with van der Waals surface area (Å²) in [5.74, 6) is -4.15. The summed E-state index contributed by atoms with van der Waals surface area (Å²) in [5, 5.41) is 4.25. The first kappa shape index (κ1) is 33.0. The Bertz CT molecular complexity index is 1860. The lowest BCUT2D eigenvalue weighted by Crippen LogP contribution is -2.66. The molecule has 47 heavy (non-hydrogen) atoms. The number of esters is 1. The van der Waals surface area contributed by atoms with Crippen LogP contribution in [-0.2, 0) is 29.1 Å². The van der Waals surface area contributed by atoms with Gasteiger partial charge in [-0.15, -0.1) is 11.8 Å². The summed E-state index contributed by atoms with van der Waals surface area (Å²) in [4.78, 5) is 42.4. The standard InChI is InChI=1S/C31H31F2N4O8PS/c1-5-44-46(41,34-31(2,3)30(40)42-4)45-28-22(38)12-13-36-27(28)29(39)35-14-15-43-16-24(35)37(36)26-18-10-11-21(32)25(33)20(18)17-47-23-9-7-6-8-19(23)26/h6-9,12-13,24,26H,5,14-17H2,1-4H3,(H,34,41)/t24-,26+,46?/m1/s1. The molecule has 0 saturated carbocycles. The lowest BCUT2D eigenvalue weighted by molar-refractivity contribution is -0.146. The zero-order valence-corrected chi connectivity index (χ0v) is 27.6. The van der Waals surface area contributed by atoms with Gasteiger partial charge in [0, 0.05) is 40.6 Å². The molecule has 1 unspecified atom stereocenters. The molecule has 1 amide bonds. The molecule has 6 rings (SSSR count). The second-order valence-corrected chi connectivity index (χ2v) is 14.0. The number of rotatable bonds is 8. The lowest BCUT2D eigenvalue weighted by atomic mass is 9.94. The van der Waals surface area contributed by atoms with Crippen LogP contribution in [0.1, 0.15) is 54.0 Å². The molecule has 16 heteroatoms. The lowest BCUT2D eigenvalue weighted by Gasteiger charge is -2.51. The van der Waals surface area contributed by atoms with Crippen molar-refractivity contribution in [3.8, 4) is 5.75 Å². The van der Waals surface area contributed by atoms with Crippen LogP contribution in [0, 0.1) is 23.8 Å². The van der Waals surface area contributed by atoms with Crippen LogP contribution in [0.3, 0.4) is 0 Å². The minimum atomic E-state index is -4.53. The van der Waals surface area contributed by atoms with E-state index in [-0.39, 0.29) is 48.9 Å². The fraction of sp³-hybridized carbons (Fsp3) is 0.387. The van der Waals surface area contributed by atoms with Gasteiger partial charge >= 0.3 is 13.7 Å². The van der Waals surface area contributed by atoms with E-state index in [4.69, 9.17) is 18.5 Å². The average Bonchev–Trinajstić information content (AvgIpc) is 3.21. The van der Waals surface area contributed by atoms with E-state index in [1.54, 1.807) is 11.1 Å². The highest BCUT2D eigenvalue weighted by molar-refractivity contribution is 7.98. The third-order valence-corrected chi connectivity index (χ3v) is 11.0. The average molecular weight is 689 g/mol. The number of carbonyl (C=O) groups is 2.